The van der Waals surface area contributed by atoms with E-state index in [-0.39, 0.29) is 17.2 Å². The minimum Gasteiger partial charge on any atom is -0.463 e. The lowest BCUT2D eigenvalue weighted by Gasteiger charge is -2.24. The van der Waals surface area contributed by atoms with Crippen LogP contribution in [0.25, 0.3) is 0 Å². The van der Waals surface area contributed by atoms with Gasteiger partial charge < -0.3 is 9.64 Å². The molecule has 0 saturated heterocycles. The Morgan fingerprint density at radius 1 is 1.04 bits per heavy atom. The van der Waals surface area contributed by atoms with Crippen molar-refractivity contribution >= 4 is 11.5 Å². The van der Waals surface area contributed by atoms with Crippen molar-refractivity contribution in [1.82, 2.24) is 9.97 Å². The van der Waals surface area contributed by atoms with E-state index in [1.807, 2.05) is 12.1 Å². The Hall–Kier alpha value is -2.31. The predicted octanol–water partition coefficient (Wildman–Crippen LogP) is 6.13. The zero-order valence-electron chi connectivity index (χ0n) is 17.1. The molecule has 2 rings (SSSR count). The summed E-state index contributed by atoms with van der Waals surface area (Å²) < 4.78 is 45.9. The van der Waals surface area contributed by atoms with Crippen LogP contribution in [0.3, 0.4) is 0 Å². The number of nitrogens with zero attached hydrogens (tertiary/aromatic N) is 3. The second-order valence-electron chi connectivity index (χ2n) is 7.80. The lowest BCUT2D eigenvalue weighted by Crippen LogP contribution is -2.20. The van der Waals surface area contributed by atoms with Crippen molar-refractivity contribution in [3.05, 3.63) is 41.6 Å². The maximum atomic E-state index is 13.5. The molecule has 0 saturated carbocycles. The number of hydrogen-bond acceptors (Lipinski definition) is 4. The van der Waals surface area contributed by atoms with Crippen LogP contribution in [0, 0.1) is 0 Å². The standard InChI is InChI=1S/C21H28F3N3O/c1-6-7-8-13-28-19-25-14-17(21(22,23)24)18(26-19)27(5)16-11-9-15(10-12-16)20(2,3)4/h9-12,14H,6-8,13H2,1-5H3. The van der Waals surface area contributed by atoms with Gasteiger partial charge >= 0.3 is 12.2 Å². The number of hydrogen-bond donors (Lipinski definition) is 0. The van der Waals surface area contributed by atoms with E-state index >= 15 is 0 Å². The number of unbranched alkanes of at least 4 members (excludes halogenated alkanes) is 2. The molecule has 154 valence electrons. The summed E-state index contributed by atoms with van der Waals surface area (Å²) in [5.74, 6) is -0.225. The molecule has 4 nitrogen and oxygen atoms in total. The second-order valence-corrected chi connectivity index (χ2v) is 7.80. The molecule has 0 radical (unpaired) electrons. The van der Waals surface area contributed by atoms with Crippen molar-refractivity contribution in [3.8, 4) is 6.01 Å². The highest BCUT2D eigenvalue weighted by Crippen LogP contribution is 2.38. The highest BCUT2D eigenvalue weighted by molar-refractivity contribution is 5.63. The number of anilines is 2. The van der Waals surface area contributed by atoms with Gasteiger partial charge in [-0.3, -0.25) is 0 Å². The molecule has 0 aliphatic heterocycles. The Morgan fingerprint density at radius 2 is 1.68 bits per heavy atom. The zero-order chi connectivity index (χ0) is 20.9. The first kappa shape index (κ1) is 22.0. The molecular formula is C21H28F3N3O. The van der Waals surface area contributed by atoms with E-state index < -0.39 is 11.7 Å². The molecule has 0 unspecified atom stereocenters. The number of benzene rings is 1. The molecule has 28 heavy (non-hydrogen) atoms. The number of halogens is 3. The van der Waals surface area contributed by atoms with E-state index in [9.17, 15) is 13.2 Å². The van der Waals surface area contributed by atoms with Gasteiger partial charge in [-0.05, 0) is 29.5 Å². The summed E-state index contributed by atoms with van der Waals surface area (Å²) >= 11 is 0. The highest BCUT2D eigenvalue weighted by Gasteiger charge is 2.36. The molecule has 7 heteroatoms. The summed E-state index contributed by atoms with van der Waals surface area (Å²) in [7, 11) is 1.56. The first-order chi connectivity index (χ1) is 13.0. The summed E-state index contributed by atoms with van der Waals surface area (Å²) in [6, 6.07) is 7.39. The summed E-state index contributed by atoms with van der Waals surface area (Å²) in [5, 5.41) is 0. The Bertz CT molecular complexity index is 768. The molecule has 0 spiro atoms. The molecule has 0 amide bonds. The maximum Gasteiger partial charge on any atom is 0.421 e. The lowest BCUT2D eigenvalue weighted by atomic mass is 9.87. The smallest absolute Gasteiger partial charge is 0.421 e. The van der Waals surface area contributed by atoms with Crippen LogP contribution in [0.4, 0.5) is 24.7 Å². The molecular weight excluding hydrogens is 367 g/mol. The van der Waals surface area contributed by atoms with Crippen molar-refractivity contribution in [2.24, 2.45) is 0 Å². The molecule has 1 aromatic carbocycles. The minimum absolute atomic E-state index is 0.0390. The van der Waals surface area contributed by atoms with Gasteiger partial charge in [-0.1, -0.05) is 52.7 Å². The van der Waals surface area contributed by atoms with E-state index in [0.29, 0.717) is 12.3 Å². The predicted molar refractivity (Wildman–Crippen MR) is 105 cm³/mol. The summed E-state index contributed by atoms with van der Waals surface area (Å²) in [5.41, 5.74) is 0.774. The van der Waals surface area contributed by atoms with Crippen LogP contribution < -0.4 is 9.64 Å². The minimum atomic E-state index is -4.56. The van der Waals surface area contributed by atoms with Gasteiger partial charge in [-0.2, -0.15) is 18.2 Å². The average Bonchev–Trinajstić information content (AvgIpc) is 2.63. The van der Waals surface area contributed by atoms with Gasteiger partial charge in [0, 0.05) is 18.9 Å². The average molecular weight is 395 g/mol. The number of rotatable bonds is 7. The lowest BCUT2D eigenvalue weighted by molar-refractivity contribution is -0.137. The Morgan fingerprint density at radius 3 is 2.21 bits per heavy atom. The number of ether oxygens (including phenoxy) is 1. The van der Waals surface area contributed by atoms with Crippen LogP contribution >= 0.6 is 0 Å². The molecule has 0 bridgehead atoms. The Labute approximate surface area is 164 Å². The summed E-state index contributed by atoms with van der Waals surface area (Å²) in [6.07, 6.45) is -0.961. The van der Waals surface area contributed by atoms with E-state index in [2.05, 4.69) is 37.7 Å². The van der Waals surface area contributed by atoms with Crippen LogP contribution in [0.5, 0.6) is 6.01 Å². The molecule has 1 heterocycles. The van der Waals surface area contributed by atoms with Crippen LogP contribution in [0.1, 0.15) is 58.1 Å². The van der Waals surface area contributed by atoms with Gasteiger partial charge in [0.05, 0.1) is 6.61 Å². The Balaban J connectivity index is 2.34. The van der Waals surface area contributed by atoms with E-state index in [0.717, 1.165) is 31.0 Å². The normalized spacial score (nSPS) is 12.1. The third-order valence-corrected chi connectivity index (χ3v) is 4.47. The first-order valence-corrected chi connectivity index (χ1v) is 9.45. The summed E-state index contributed by atoms with van der Waals surface area (Å²) in [4.78, 5) is 9.22. The van der Waals surface area contributed by atoms with Crippen LogP contribution in [0.15, 0.2) is 30.5 Å². The van der Waals surface area contributed by atoms with Crippen LogP contribution in [0.2, 0.25) is 0 Å². The van der Waals surface area contributed by atoms with Gasteiger partial charge in [0.2, 0.25) is 0 Å². The van der Waals surface area contributed by atoms with Gasteiger partial charge in [0.15, 0.2) is 5.82 Å². The van der Waals surface area contributed by atoms with Crippen molar-refractivity contribution in [2.45, 2.75) is 58.5 Å². The van der Waals surface area contributed by atoms with Crippen molar-refractivity contribution in [2.75, 3.05) is 18.6 Å². The zero-order valence-corrected chi connectivity index (χ0v) is 17.1. The molecule has 0 fully saturated rings. The fourth-order valence-electron chi connectivity index (χ4n) is 2.71. The molecule has 2 aromatic rings. The third-order valence-electron chi connectivity index (χ3n) is 4.47. The third kappa shape index (κ3) is 5.59. The molecule has 0 aliphatic carbocycles. The molecule has 0 N–H and O–H groups in total. The van der Waals surface area contributed by atoms with Gasteiger partial charge in [0.25, 0.3) is 0 Å². The van der Waals surface area contributed by atoms with Gasteiger partial charge in [-0.15, -0.1) is 0 Å². The fraction of sp³-hybridized carbons (Fsp3) is 0.524. The van der Waals surface area contributed by atoms with Crippen LogP contribution in [-0.4, -0.2) is 23.6 Å². The molecule has 0 aliphatic rings. The number of aromatic nitrogens is 2. The highest BCUT2D eigenvalue weighted by atomic mass is 19.4. The largest absolute Gasteiger partial charge is 0.463 e. The van der Waals surface area contributed by atoms with Gasteiger partial charge in [0.1, 0.15) is 5.56 Å². The van der Waals surface area contributed by atoms with Gasteiger partial charge in [-0.25, -0.2) is 4.98 Å². The van der Waals surface area contributed by atoms with E-state index in [1.165, 1.54) is 4.90 Å². The van der Waals surface area contributed by atoms with E-state index in [1.54, 1.807) is 19.2 Å². The first-order valence-electron chi connectivity index (χ1n) is 9.45. The van der Waals surface area contributed by atoms with Crippen molar-refractivity contribution in [1.29, 1.82) is 0 Å². The number of alkyl halides is 3. The monoisotopic (exact) mass is 395 g/mol. The van der Waals surface area contributed by atoms with E-state index in [4.69, 9.17) is 4.74 Å². The second kappa shape index (κ2) is 8.80. The Kier molecular flexibility index (Phi) is 6.91. The summed E-state index contributed by atoms with van der Waals surface area (Å²) in [6.45, 7) is 8.69. The fourth-order valence-corrected chi connectivity index (χ4v) is 2.71. The van der Waals surface area contributed by atoms with Crippen molar-refractivity contribution < 1.29 is 17.9 Å². The molecule has 0 atom stereocenters. The quantitative estimate of drug-likeness (QED) is 0.529. The van der Waals surface area contributed by atoms with Crippen molar-refractivity contribution in [3.63, 3.8) is 0 Å². The molecule has 1 aromatic heterocycles. The SMILES string of the molecule is CCCCCOc1ncc(C(F)(F)F)c(N(C)c2ccc(C(C)(C)C)cc2)n1. The van der Waals surface area contributed by atoms with Crippen LogP contribution in [-0.2, 0) is 11.6 Å². The maximum absolute atomic E-state index is 13.5. The topological polar surface area (TPSA) is 38.2 Å².